The lowest BCUT2D eigenvalue weighted by Gasteiger charge is -2.17. The van der Waals surface area contributed by atoms with Crippen molar-refractivity contribution < 1.29 is 24.2 Å². The van der Waals surface area contributed by atoms with Crippen LogP contribution in [-0.2, 0) is 19.1 Å². The van der Waals surface area contributed by atoms with Gasteiger partial charge in [-0.15, -0.1) is 0 Å². The maximum absolute atomic E-state index is 12.5. The van der Waals surface area contributed by atoms with Crippen LogP contribution in [0, 0.1) is 0 Å². The van der Waals surface area contributed by atoms with Gasteiger partial charge in [-0.25, -0.2) is 5.01 Å². The van der Waals surface area contributed by atoms with E-state index in [1.54, 1.807) is 30.3 Å². The highest BCUT2D eigenvalue weighted by Gasteiger charge is 2.36. The average molecular weight is 326 g/mol. The Morgan fingerprint density at radius 2 is 1.83 bits per heavy atom. The maximum atomic E-state index is 12.5. The largest absolute Gasteiger partial charge is 0.508 e. The van der Waals surface area contributed by atoms with E-state index in [1.165, 1.54) is 17.2 Å². The minimum absolute atomic E-state index is 0.0481. The number of anilines is 1. The summed E-state index contributed by atoms with van der Waals surface area (Å²) in [4.78, 5) is 24.7. The number of benzene rings is 1. The zero-order chi connectivity index (χ0) is 16.7. The van der Waals surface area contributed by atoms with E-state index in [4.69, 9.17) is 9.47 Å². The predicted molar refractivity (Wildman–Crippen MR) is 83.6 cm³/mol. The van der Waals surface area contributed by atoms with E-state index in [2.05, 4.69) is 5.43 Å². The Morgan fingerprint density at radius 3 is 2.58 bits per heavy atom. The second-order valence-electron chi connectivity index (χ2n) is 5.53. The van der Waals surface area contributed by atoms with Crippen molar-refractivity contribution in [1.29, 1.82) is 0 Å². The van der Waals surface area contributed by atoms with Gasteiger partial charge in [0, 0.05) is 5.57 Å². The summed E-state index contributed by atoms with van der Waals surface area (Å²) in [5, 5.41) is 11.3. The molecule has 0 radical (unpaired) electrons. The number of para-hydroxylation sites is 1. The summed E-state index contributed by atoms with van der Waals surface area (Å²) < 4.78 is 10.6. The van der Waals surface area contributed by atoms with Crippen molar-refractivity contribution in [3.63, 3.8) is 0 Å². The van der Waals surface area contributed by atoms with Gasteiger partial charge < -0.3 is 14.6 Å². The van der Waals surface area contributed by atoms with Gasteiger partial charge in [0.25, 0.3) is 11.8 Å². The van der Waals surface area contributed by atoms with Crippen molar-refractivity contribution in [3.05, 3.63) is 65.5 Å². The van der Waals surface area contributed by atoms with Crippen molar-refractivity contribution in [2.24, 2.45) is 0 Å². The van der Waals surface area contributed by atoms with E-state index in [-0.39, 0.29) is 30.3 Å². The van der Waals surface area contributed by atoms with Gasteiger partial charge in [0.2, 0.25) is 0 Å². The van der Waals surface area contributed by atoms with Crippen molar-refractivity contribution in [2.75, 3.05) is 11.8 Å². The third-order valence-corrected chi connectivity index (χ3v) is 4.01. The molecule has 7 heteroatoms. The molecule has 2 heterocycles. The third-order valence-electron chi connectivity index (χ3n) is 4.01. The van der Waals surface area contributed by atoms with Crippen LogP contribution in [0.3, 0.4) is 0 Å². The van der Waals surface area contributed by atoms with Crippen LogP contribution >= 0.6 is 0 Å². The Morgan fingerprint density at radius 1 is 1.12 bits per heavy atom. The molecule has 0 bridgehead atoms. The Balaban J connectivity index is 1.64. The number of aliphatic hydroxyl groups is 1. The Bertz CT molecular complexity index is 796. The maximum Gasteiger partial charge on any atom is 0.282 e. The van der Waals surface area contributed by atoms with Crippen LogP contribution in [-0.4, -0.2) is 35.9 Å². The number of hydrogen-bond donors (Lipinski definition) is 2. The molecule has 2 fully saturated rings. The first-order valence-corrected chi connectivity index (χ1v) is 7.42. The second kappa shape index (κ2) is 5.63. The number of allylic oxidation sites excluding steroid dienone is 1. The zero-order valence-electron chi connectivity index (χ0n) is 12.5. The van der Waals surface area contributed by atoms with Crippen molar-refractivity contribution in [2.45, 2.75) is 12.2 Å². The molecule has 2 atom stereocenters. The van der Waals surface area contributed by atoms with Crippen molar-refractivity contribution >= 4 is 17.5 Å². The third kappa shape index (κ3) is 2.40. The molecule has 2 unspecified atom stereocenters. The number of carbonyl (C=O) groups excluding carboxylic acids is 2. The van der Waals surface area contributed by atoms with Crippen LogP contribution in [0.25, 0.3) is 0 Å². The van der Waals surface area contributed by atoms with Crippen molar-refractivity contribution in [3.8, 4) is 0 Å². The molecule has 0 saturated carbocycles. The van der Waals surface area contributed by atoms with Crippen LogP contribution in [0.4, 0.5) is 5.69 Å². The van der Waals surface area contributed by atoms with Crippen LogP contribution in [0.5, 0.6) is 0 Å². The number of amides is 2. The summed E-state index contributed by atoms with van der Waals surface area (Å²) in [6.45, 7) is 0.140. The van der Waals surface area contributed by atoms with Crippen LogP contribution < -0.4 is 10.4 Å². The Kier molecular flexibility index (Phi) is 3.44. The first kappa shape index (κ1) is 14.7. The smallest absolute Gasteiger partial charge is 0.282 e. The second-order valence-corrected chi connectivity index (χ2v) is 5.53. The van der Waals surface area contributed by atoms with E-state index in [0.717, 1.165) is 0 Å². The zero-order valence-corrected chi connectivity index (χ0v) is 12.5. The van der Waals surface area contributed by atoms with E-state index in [9.17, 15) is 14.7 Å². The number of hydrazine groups is 1. The molecule has 0 spiro atoms. The van der Waals surface area contributed by atoms with Crippen LogP contribution in [0.2, 0.25) is 0 Å². The molecule has 2 amide bonds. The average Bonchev–Trinajstić information content (AvgIpc) is 3.14. The quantitative estimate of drug-likeness (QED) is 0.628. The molecule has 7 nitrogen and oxygen atoms in total. The number of nitrogens with zero attached hydrogens (tertiary/aromatic N) is 1. The van der Waals surface area contributed by atoms with E-state index in [1.807, 2.05) is 6.07 Å². The summed E-state index contributed by atoms with van der Waals surface area (Å²) >= 11 is 0. The first-order valence-electron chi connectivity index (χ1n) is 7.42. The van der Waals surface area contributed by atoms with Gasteiger partial charge in [0.15, 0.2) is 0 Å². The molecule has 3 aliphatic rings. The number of rotatable bonds is 2. The fourth-order valence-corrected chi connectivity index (χ4v) is 2.78. The lowest BCUT2D eigenvalue weighted by molar-refractivity contribution is -0.117. The number of ether oxygens (including phenoxy) is 2. The minimum atomic E-state index is -0.525. The fourth-order valence-electron chi connectivity index (χ4n) is 2.78. The number of aliphatic hydroxyl groups excluding tert-OH is 1. The van der Waals surface area contributed by atoms with E-state index in [0.29, 0.717) is 11.3 Å². The number of hydrogen-bond acceptors (Lipinski definition) is 5. The van der Waals surface area contributed by atoms with Gasteiger partial charge in [-0.2, -0.15) is 0 Å². The van der Waals surface area contributed by atoms with Gasteiger partial charge in [-0.1, -0.05) is 18.2 Å². The molecular formula is C17H14N2O5. The van der Waals surface area contributed by atoms with Gasteiger partial charge >= 0.3 is 0 Å². The lowest BCUT2D eigenvalue weighted by atomic mass is 9.98. The van der Waals surface area contributed by atoms with Crippen molar-refractivity contribution in [1.82, 2.24) is 5.43 Å². The highest BCUT2D eigenvalue weighted by Crippen LogP contribution is 2.28. The summed E-state index contributed by atoms with van der Waals surface area (Å²) in [6, 6.07) is 8.79. The molecule has 1 aromatic rings. The number of nitrogens with one attached hydrogen (secondary N) is 1. The summed E-state index contributed by atoms with van der Waals surface area (Å²) in [6.07, 6.45) is 3.84. The van der Waals surface area contributed by atoms with E-state index >= 15 is 0 Å². The Hall–Kier alpha value is -2.90. The van der Waals surface area contributed by atoms with E-state index < -0.39 is 11.8 Å². The summed E-state index contributed by atoms with van der Waals surface area (Å²) in [5.74, 6) is -1.05. The van der Waals surface area contributed by atoms with Crippen LogP contribution in [0.15, 0.2) is 65.5 Å². The first-order chi connectivity index (χ1) is 11.6. The normalized spacial score (nSPS) is 27.8. The molecule has 2 aliphatic heterocycles. The molecular weight excluding hydrogens is 312 g/mol. The highest BCUT2D eigenvalue weighted by atomic mass is 16.7. The molecule has 1 aliphatic carbocycles. The number of fused-ring (bicyclic) bond motifs is 1. The molecule has 4 rings (SSSR count). The monoisotopic (exact) mass is 326 g/mol. The standard InChI is InChI=1S/C17H14N2O5/c20-13-8-15-14(23-9-24-15)7-10(13)6-12-16(21)18-19(17(12)22)11-4-2-1-3-5-11/h1-8,14-15,20H,9H2,(H,18,21)/b12-6-. The molecule has 1 aromatic carbocycles. The SMILES string of the molecule is O=C1NN(c2ccccc2)C(=O)/C1=C\C1=CC2OCOC2C=C1O. The summed E-state index contributed by atoms with van der Waals surface area (Å²) in [7, 11) is 0. The van der Waals surface area contributed by atoms with Crippen LogP contribution in [0.1, 0.15) is 0 Å². The molecule has 2 saturated heterocycles. The molecule has 2 N–H and O–H groups in total. The fraction of sp³-hybridized carbons (Fsp3) is 0.176. The minimum Gasteiger partial charge on any atom is -0.508 e. The number of carbonyl (C=O) groups is 2. The van der Waals surface area contributed by atoms with Gasteiger partial charge in [-0.05, 0) is 30.4 Å². The van der Waals surface area contributed by atoms with Gasteiger partial charge in [-0.3, -0.25) is 15.0 Å². The van der Waals surface area contributed by atoms with Gasteiger partial charge in [0.05, 0.1) is 5.69 Å². The lowest BCUT2D eigenvalue weighted by Crippen LogP contribution is -2.35. The predicted octanol–water partition coefficient (Wildman–Crippen LogP) is 1.11. The molecule has 24 heavy (non-hydrogen) atoms. The molecule has 0 aromatic heterocycles. The molecule has 122 valence electrons. The van der Waals surface area contributed by atoms with Gasteiger partial charge in [0.1, 0.15) is 30.3 Å². The summed E-state index contributed by atoms with van der Waals surface area (Å²) in [5.41, 5.74) is 3.38. The highest BCUT2D eigenvalue weighted by molar-refractivity contribution is 6.29. The Labute approximate surface area is 137 Å². The topological polar surface area (TPSA) is 88.1 Å².